The summed E-state index contributed by atoms with van der Waals surface area (Å²) >= 11 is 15.7. The average Bonchev–Trinajstić information content (AvgIpc) is 3.52. The zero-order valence-corrected chi connectivity index (χ0v) is 29.5. The molecule has 1 aliphatic heterocycles. The summed E-state index contributed by atoms with van der Waals surface area (Å²) in [6, 6.07) is 17.7. The van der Waals surface area contributed by atoms with Gasteiger partial charge in [-0.3, -0.25) is 9.35 Å². The number of carboxylic acids is 1. The molecule has 248 valence electrons. The predicted octanol–water partition coefficient (Wildman–Crippen LogP) is 6.44. The molecule has 0 spiro atoms. The first-order valence-corrected chi connectivity index (χ1v) is 18.7. The van der Waals surface area contributed by atoms with Crippen molar-refractivity contribution >= 4 is 96.0 Å². The van der Waals surface area contributed by atoms with Gasteiger partial charge >= 0.3 is 5.97 Å². The second-order valence-electron chi connectivity index (χ2n) is 11.0. The van der Waals surface area contributed by atoms with E-state index < -0.39 is 22.1 Å². The van der Waals surface area contributed by atoms with Crippen LogP contribution in [0.5, 0.6) is 0 Å². The molecule has 4 aromatic rings. The monoisotopic (exact) mass is 735 g/mol. The Morgan fingerprint density at radius 3 is 2.49 bits per heavy atom. The highest BCUT2D eigenvalue weighted by Gasteiger charge is 2.29. The molecule has 10 nitrogen and oxygen atoms in total. The Labute approximate surface area is 291 Å². The highest BCUT2D eigenvalue weighted by Crippen LogP contribution is 2.48. The molecule has 0 fully saturated rings. The number of thiazole rings is 1. The number of thioether (sulfide) groups is 1. The predicted molar refractivity (Wildman–Crippen MR) is 189 cm³/mol. The lowest BCUT2D eigenvalue weighted by Crippen LogP contribution is -2.46. The largest absolute Gasteiger partial charge is 0.480 e. The summed E-state index contributed by atoms with van der Waals surface area (Å²) in [5, 5.41) is 15.4. The van der Waals surface area contributed by atoms with Crippen LogP contribution in [-0.2, 0) is 26.4 Å². The highest BCUT2D eigenvalue weighted by molar-refractivity contribution is 8.03. The molecule has 1 unspecified atom stereocenters. The molecule has 0 aliphatic carbocycles. The lowest BCUT2D eigenvalue weighted by atomic mass is 10.1. The smallest absolute Gasteiger partial charge is 0.326 e. The number of nitrogens with one attached hydrogen (secondary N) is 1. The number of halogens is 2. The van der Waals surface area contributed by atoms with Crippen molar-refractivity contribution in [3.8, 4) is 0 Å². The lowest BCUT2D eigenvalue weighted by Gasteiger charge is -2.28. The molecule has 1 aromatic heterocycles. The van der Waals surface area contributed by atoms with E-state index in [1.165, 1.54) is 23.1 Å². The molecule has 0 saturated heterocycles. The van der Waals surface area contributed by atoms with Crippen LogP contribution in [0.1, 0.15) is 30.3 Å². The number of benzene rings is 3. The fourth-order valence-corrected chi connectivity index (χ4v) is 8.25. The van der Waals surface area contributed by atoms with Crippen LogP contribution in [0, 0.1) is 6.92 Å². The standard InChI is InChI=1S/C32H32Cl2N4O6S3/c1-20-4-8-24(9-5-20)36(21(2)32(40)41)14-12-29(39)35-19-38-26-17-23(34)7-11-28(26)46-31(38)18-30-37(13-3-15-47(42,43)44)25-16-22(33)6-10-27(25)45-30/h4-11,16-18,21H,3,12-15,19H2,1-2H3,(H2-,35,39,40,41,42,43,44)/p+1. The SMILES string of the molecule is Cc1ccc(N(CCC(=O)NC[n+]2c(/C=C3\Sc4ccc(Cl)cc4N3CCCS(=O)(=O)O)sc3ccc(Cl)cc32)C(C)C(=O)O)cc1. The number of fused-ring (bicyclic) bond motifs is 2. The van der Waals surface area contributed by atoms with Gasteiger partial charge in [0.25, 0.3) is 15.1 Å². The third kappa shape index (κ3) is 8.78. The summed E-state index contributed by atoms with van der Waals surface area (Å²) in [5.41, 5.74) is 3.42. The Morgan fingerprint density at radius 2 is 1.79 bits per heavy atom. The fraction of sp³-hybridized carbons (Fsp3) is 0.281. The van der Waals surface area contributed by atoms with Crippen LogP contribution in [0.25, 0.3) is 16.3 Å². The second-order valence-corrected chi connectivity index (χ2v) is 15.6. The van der Waals surface area contributed by atoms with E-state index >= 15 is 0 Å². The summed E-state index contributed by atoms with van der Waals surface area (Å²) in [4.78, 5) is 29.6. The Balaban J connectivity index is 1.39. The van der Waals surface area contributed by atoms with E-state index in [0.29, 0.717) is 16.6 Å². The third-order valence-electron chi connectivity index (χ3n) is 7.62. The highest BCUT2D eigenvalue weighted by atomic mass is 35.5. The minimum atomic E-state index is -4.12. The van der Waals surface area contributed by atoms with Gasteiger partial charge in [-0.15, -0.1) is 0 Å². The van der Waals surface area contributed by atoms with Crippen molar-refractivity contribution in [3.05, 3.63) is 86.3 Å². The summed E-state index contributed by atoms with van der Waals surface area (Å²) in [6.07, 6.45) is 2.24. The molecular weight excluding hydrogens is 703 g/mol. The topological polar surface area (TPSA) is 131 Å². The van der Waals surface area contributed by atoms with Crippen LogP contribution in [0.3, 0.4) is 0 Å². The van der Waals surface area contributed by atoms with Gasteiger partial charge in [-0.05, 0) is 62.7 Å². The number of aromatic nitrogens is 1. The van der Waals surface area contributed by atoms with Gasteiger partial charge in [0.1, 0.15) is 10.7 Å². The number of carbonyl (C=O) groups excluding carboxylic acids is 1. The van der Waals surface area contributed by atoms with Crippen molar-refractivity contribution < 1.29 is 32.2 Å². The number of hydrogen-bond acceptors (Lipinski definition) is 8. The number of anilines is 2. The van der Waals surface area contributed by atoms with Gasteiger partial charge in [-0.25, -0.2) is 4.79 Å². The maximum absolute atomic E-state index is 13.2. The van der Waals surface area contributed by atoms with Crippen LogP contribution in [0.4, 0.5) is 11.4 Å². The molecule has 0 radical (unpaired) electrons. The Bertz CT molecular complexity index is 1950. The molecule has 2 heterocycles. The Hall–Kier alpha value is -3.33. The van der Waals surface area contributed by atoms with E-state index in [9.17, 15) is 27.7 Å². The molecule has 3 aromatic carbocycles. The summed E-state index contributed by atoms with van der Waals surface area (Å²) in [7, 11) is -4.12. The van der Waals surface area contributed by atoms with Crippen molar-refractivity contribution in [2.75, 3.05) is 28.6 Å². The van der Waals surface area contributed by atoms with Crippen molar-refractivity contribution in [1.29, 1.82) is 0 Å². The van der Waals surface area contributed by atoms with Crippen molar-refractivity contribution in [2.24, 2.45) is 0 Å². The van der Waals surface area contributed by atoms with Crippen molar-refractivity contribution in [1.82, 2.24) is 5.32 Å². The first kappa shape index (κ1) is 35.0. The molecule has 1 amide bonds. The average molecular weight is 737 g/mol. The van der Waals surface area contributed by atoms with Crippen molar-refractivity contribution in [2.45, 2.75) is 44.3 Å². The molecule has 1 aliphatic rings. The maximum Gasteiger partial charge on any atom is 0.326 e. The minimum absolute atomic E-state index is 0.0682. The number of carbonyl (C=O) groups is 2. The molecule has 47 heavy (non-hydrogen) atoms. The minimum Gasteiger partial charge on any atom is -0.480 e. The zero-order chi connectivity index (χ0) is 33.9. The van der Waals surface area contributed by atoms with Crippen LogP contribution in [-0.4, -0.2) is 54.8 Å². The zero-order valence-electron chi connectivity index (χ0n) is 25.5. The van der Waals surface area contributed by atoms with E-state index in [1.807, 2.05) is 71.0 Å². The Morgan fingerprint density at radius 1 is 1.09 bits per heavy atom. The summed E-state index contributed by atoms with van der Waals surface area (Å²) in [6.45, 7) is 4.20. The normalized spacial score (nSPS) is 14.4. The van der Waals surface area contributed by atoms with Gasteiger partial charge in [-0.2, -0.15) is 13.0 Å². The van der Waals surface area contributed by atoms with Gasteiger partial charge in [-0.1, -0.05) is 64.0 Å². The van der Waals surface area contributed by atoms with E-state index in [1.54, 1.807) is 24.0 Å². The van der Waals surface area contributed by atoms with Gasteiger partial charge < -0.3 is 20.2 Å². The van der Waals surface area contributed by atoms with Crippen LogP contribution in [0.15, 0.2) is 70.6 Å². The van der Waals surface area contributed by atoms with Gasteiger partial charge in [0.05, 0.1) is 22.5 Å². The van der Waals surface area contributed by atoms with Gasteiger partial charge in [0.2, 0.25) is 18.1 Å². The number of carboxylic acid groups (broad SMARTS) is 1. The van der Waals surface area contributed by atoms with E-state index in [2.05, 4.69) is 5.32 Å². The first-order valence-electron chi connectivity index (χ1n) is 14.7. The molecule has 5 rings (SSSR count). The number of aryl methyl sites for hydroxylation is 1. The van der Waals surface area contributed by atoms with Crippen LogP contribution < -0.4 is 19.7 Å². The summed E-state index contributed by atoms with van der Waals surface area (Å²) < 4.78 is 35.0. The molecule has 3 N–H and O–H groups in total. The molecular formula is C32H33Cl2N4O6S3+. The quantitative estimate of drug-likeness (QED) is 0.105. The van der Waals surface area contributed by atoms with Crippen molar-refractivity contribution in [3.63, 3.8) is 0 Å². The number of aliphatic carboxylic acids is 1. The number of hydrogen-bond donors (Lipinski definition) is 3. The number of nitrogens with zero attached hydrogens (tertiary/aromatic N) is 3. The van der Waals surface area contributed by atoms with Gasteiger partial charge in [0, 0.05) is 46.2 Å². The lowest BCUT2D eigenvalue weighted by molar-refractivity contribution is -0.672. The van der Waals surface area contributed by atoms with E-state index in [4.69, 9.17) is 23.2 Å². The summed E-state index contributed by atoms with van der Waals surface area (Å²) in [5.74, 6) is -1.62. The second kappa shape index (κ2) is 14.8. The third-order valence-corrected chi connectivity index (χ3v) is 11.1. The van der Waals surface area contributed by atoms with Crippen LogP contribution in [0.2, 0.25) is 10.0 Å². The fourth-order valence-electron chi connectivity index (χ4n) is 5.16. The number of rotatable bonds is 13. The number of amides is 1. The van der Waals surface area contributed by atoms with Crippen LogP contribution >= 0.6 is 46.3 Å². The molecule has 0 saturated carbocycles. The Kier molecular flexibility index (Phi) is 11.0. The van der Waals surface area contributed by atoms with E-state index in [0.717, 1.165) is 42.1 Å². The van der Waals surface area contributed by atoms with Gasteiger partial charge in [0.15, 0.2) is 0 Å². The molecule has 1 atom stereocenters. The molecule has 0 bridgehead atoms. The van der Waals surface area contributed by atoms with E-state index in [-0.39, 0.29) is 37.7 Å². The first-order chi connectivity index (χ1) is 22.3. The maximum atomic E-state index is 13.2. The molecule has 15 heteroatoms.